The van der Waals surface area contributed by atoms with Crippen molar-refractivity contribution in [2.24, 2.45) is 5.92 Å². The van der Waals surface area contributed by atoms with Crippen LogP contribution < -0.4 is 10.2 Å². The van der Waals surface area contributed by atoms with E-state index in [1.807, 2.05) is 32.3 Å². The number of ether oxygens (including phenoxy) is 1. The molecule has 0 aliphatic carbocycles. The van der Waals surface area contributed by atoms with Crippen LogP contribution in [-0.4, -0.2) is 61.1 Å². The van der Waals surface area contributed by atoms with Crippen LogP contribution in [0.4, 0.5) is 11.4 Å². The topological polar surface area (TPSA) is 97.3 Å². The Morgan fingerprint density at radius 1 is 1.38 bits per heavy atom. The Balaban J connectivity index is 1.87. The van der Waals surface area contributed by atoms with Crippen LogP contribution >= 0.6 is 0 Å². The Bertz CT molecular complexity index is 967. The second-order valence-electron chi connectivity index (χ2n) is 9.26. The number of aromatic nitrogens is 2. The Labute approximate surface area is 190 Å². The number of piperidine rings is 1. The first kappa shape index (κ1) is 23.8. The van der Waals surface area contributed by atoms with Gasteiger partial charge in [0.05, 0.1) is 23.6 Å². The number of hydrogen-bond acceptors (Lipinski definition) is 6. The van der Waals surface area contributed by atoms with Crippen molar-refractivity contribution in [2.45, 2.75) is 39.2 Å². The van der Waals surface area contributed by atoms with Gasteiger partial charge in [0.25, 0.3) is 5.91 Å². The number of rotatable bonds is 8. The Kier molecular flexibility index (Phi) is 7.54. The summed E-state index contributed by atoms with van der Waals surface area (Å²) < 4.78 is 6.20. The smallest absolute Gasteiger partial charge is 0.291 e. The number of benzene rings is 1. The molecule has 0 unspecified atom stereocenters. The molecule has 172 valence electrons. The summed E-state index contributed by atoms with van der Waals surface area (Å²) in [7, 11) is 4.06. The molecule has 1 aliphatic rings. The maximum absolute atomic E-state index is 12.8. The van der Waals surface area contributed by atoms with Gasteiger partial charge in [-0.2, -0.15) is 5.26 Å². The van der Waals surface area contributed by atoms with E-state index in [0.29, 0.717) is 12.5 Å². The van der Waals surface area contributed by atoms with Crippen LogP contribution in [0.15, 0.2) is 24.4 Å². The number of amides is 1. The molecule has 1 fully saturated rings. The minimum absolute atomic E-state index is 0.121. The number of carbonyl (C=O) groups is 1. The molecule has 32 heavy (non-hydrogen) atoms. The molecule has 2 aromatic rings. The molecule has 1 saturated heterocycles. The average molecular weight is 439 g/mol. The first-order valence-electron chi connectivity index (χ1n) is 11.1. The number of hydrogen-bond donors (Lipinski definition) is 2. The molecule has 0 radical (unpaired) electrons. The summed E-state index contributed by atoms with van der Waals surface area (Å²) in [5.41, 5.74) is 2.51. The Morgan fingerprint density at radius 2 is 2.09 bits per heavy atom. The summed E-state index contributed by atoms with van der Waals surface area (Å²) in [6, 6.07) is 8.00. The van der Waals surface area contributed by atoms with Gasteiger partial charge >= 0.3 is 0 Å². The number of nitrogens with one attached hydrogen (secondary N) is 2. The van der Waals surface area contributed by atoms with E-state index in [2.05, 4.69) is 51.9 Å². The third kappa shape index (κ3) is 5.87. The molecule has 0 saturated carbocycles. The van der Waals surface area contributed by atoms with Crippen molar-refractivity contribution in [1.29, 1.82) is 5.26 Å². The lowest BCUT2D eigenvalue weighted by Crippen LogP contribution is -2.34. The van der Waals surface area contributed by atoms with Gasteiger partial charge in [-0.25, -0.2) is 4.98 Å². The summed E-state index contributed by atoms with van der Waals surface area (Å²) in [4.78, 5) is 24.0. The van der Waals surface area contributed by atoms with E-state index in [0.717, 1.165) is 49.4 Å². The van der Waals surface area contributed by atoms with Crippen LogP contribution in [0.5, 0.6) is 0 Å². The number of likely N-dealkylation sites (N-methyl/N-ethyl adjacent to an activating group) is 1. The van der Waals surface area contributed by atoms with Crippen molar-refractivity contribution in [3.8, 4) is 6.07 Å². The van der Waals surface area contributed by atoms with E-state index in [4.69, 9.17) is 10.00 Å². The van der Waals surface area contributed by atoms with E-state index >= 15 is 0 Å². The third-order valence-corrected chi connectivity index (χ3v) is 5.97. The molecule has 1 aliphatic heterocycles. The number of aromatic amines is 1. The van der Waals surface area contributed by atoms with E-state index in [1.165, 1.54) is 6.20 Å². The highest BCUT2D eigenvalue weighted by atomic mass is 16.5. The van der Waals surface area contributed by atoms with Gasteiger partial charge in [-0.3, -0.25) is 4.79 Å². The standard InChI is InChI=1S/C24H34N6O2/c1-17-8-10-30(11-9-17)21-14-18(24(2,3)32-13-12-29(4)5)6-7-20(21)28-23(31)22-26-16-19(15-25)27-22/h6-7,14,16-17H,8-13H2,1-5H3,(H,26,27)(H,28,31). The van der Waals surface area contributed by atoms with Crippen LogP contribution in [0, 0.1) is 17.2 Å². The second kappa shape index (κ2) is 10.2. The van der Waals surface area contributed by atoms with Gasteiger partial charge in [0.15, 0.2) is 11.5 Å². The number of nitrogens with zero attached hydrogens (tertiary/aromatic N) is 4. The lowest BCUT2D eigenvalue weighted by molar-refractivity contribution is -0.0268. The molecule has 8 nitrogen and oxygen atoms in total. The highest BCUT2D eigenvalue weighted by Crippen LogP contribution is 2.35. The largest absolute Gasteiger partial charge is 0.370 e. The predicted molar refractivity (Wildman–Crippen MR) is 126 cm³/mol. The van der Waals surface area contributed by atoms with Crippen LogP contribution in [0.3, 0.4) is 0 Å². The number of carbonyl (C=O) groups excluding carboxylic acids is 1. The molecular weight excluding hydrogens is 404 g/mol. The molecule has 0 atom stereocenters. The Morgan fingerprint density at radius 3 is 2.72 bits per heavy atom. The molecule has 2 heterocycles. The predicted octanol–water partition coefficient (Wildman–Crippen LogP) is 3.58. The van der Waals surface area contributed by atoms with Crippen molar-refractivity contribution in [3.63, 3.8) is 0 Å². The van der Waals surface area contributed by atoms with Crippen LogP contribution in [0.25, 0.3) is 0 Å². The molecule has 0 bridgehead atoms. The van der Waals surface area contributed by atoms with E-state index < -0.39 is 5.60 Å². The lowest BCUT2D eigenvalue weighted by atomic mass is 9.94. The quantitative estimate of drug-likeness (QED) is 0.654. The van der Waals surface area contributed by atoms with Gasteiger partial charge in [0.2, 0.25) is 0 Å². The fourth-order valence-corrected chi connectivity index (χ4v) is 3.77. The van der Waals surface area contributed by atoms with Gasteiger partial charge in [-0.05, 0) is 64.4 Å². The van der Waals surface area contributed by atoms with Crippen molar-refractivity contribution < 1.29 is 9.53 Å². The fraction of sp³-hybridized carbons (Fsp3) is 0.542. The van der Waals surface area contributed by atoms with Crippen molar-refractivity contribution >= 4 is 17.3 Å². The highest BCUT2D eigenvalue weighted by Gasteiger charge is 2.26. The molecule has 1 aromatic carbocycles. The number of anilines is 2. The normalized spacial score (nSPS) is 15.1. The molecule has 3 rings (SSSR count). The monoisotopic (exact) mass is 438 g/mol. The molecular formula is C24H34N6O2. The first-order chi connectivity index (χ1) is 15.2. The zero-order chi connectivity index (χ0) is 23.3. The minimum Gasteiger partial charge on any atom is -0.370 e. The average Bonchev–Trinajstić information content (AvgIpc) is 3.24. The maximum atomic E-state index is 12.8. The molecule has 1 aromatic heterocycles. The van der Waals surface area contributed by atoms with Crippen LogP contribution in [0.2, 0.25) is 0 Å². The molecule has 2 N–H and O–H groups in total. The fourth-order valence-electron chi connectivity index (χ4n) is 3.77. The summed E-state index contributed by atoms with van der Waals surface area (Å²) in [6.07, 6.45) is 3.66. The third-order valence-electron chi connectivity index (χ3n) is 5.97. The zero-order valence-electron chi connectivity index (χ0n) is 19.7. The molecule has 8 heteroatoms. The minimum atomic E-state index is -0.459. The van der Waals surface area contributed by atoms with Crippen molar-refractivity contribution in [3.05, 3.63) is 41.5 Å². The highest BCUT2D eigenvalue weighted by molar-refractivity contribution is 6.03. The zero-order valence-corrected chi connectivity index (χ0v) is 19.7. The first-order valence-corrected chi connectivity index (χ1v) is 11.1. The summed E-state index contributed by atoms with van der Waals surface area (Å²) in [5, 5.41) is 11.9. The van der Waals surface area contributed by atoms with Crippen molar-refractivity contribution in [1.82, 2.24) is 14.9 Å². The Hall–Kier alpha value is -2.89. The van der Waals surface area contributed by atoms with Crippen LogP contribution in [0.1, 0.15) is 55.5 Å². The summed E-state index contributed by atoms with van der Waals surface area (Å²) in [5.74, 6) is 0.453. The van der Waals surface area contributed by atoms with E-state index in [-0.39, 0.29) is 17.4 Å². The maximum Gasteiger partial charge on any atom is 0.291 e. The summed E-state index contributed by atoms with van der Waals surface area (Å²) >= 11 is 0. The molecule has 0 spiro atoms. The van der Waals surface area contributed by atoms with Gasteiger partial charge in [-0.15, -0.1) is 0 Å². The number of nitriles is 1. The van der Waals surface area contributed by atoms with Gasteiger partial charge in [-0.1, -0.05) is 13.0 Å². The summed E-state index contributed by atoms with van der Waals surface area (Å²) in [6.45, 7) is 9.79. The number of imidazole rings is 1. The lowest BCUT2D eigenvalue weighted by Gasteiger charge is -2.35. The SMILES string of the molecule is CC1CCN(c2cc(C(C)(C)OCCN(C)C)ccc2NC(=O)c2nc(C#N)c[nH]2)CC1. The van der Waals surface area contributed by atoms with Gasteiger partial charge in [0, 0.05) is 25.8 Å². The van der Waals surface area contributed by atoms with Crippen LogP contribution in [-0.2, 0) is 10.3 Å². The van der Waals surface area contributed by atoms with Crippen molar-refractivity contribution in [2.75, 3.05) is 50.6 Å². The van der Waals surface area contributed by atoms with E-state index in [9.17, 15) is 4.79 Å². The number of H-pyrrole nitrogens is 1. The van der Waals surface area contributed by atoms with E-state index in [1.54, 1.807) is 0 Å². The van der Waals surface area contributed by atoms with Gasteiger partial charge < -0.3 is 24.8 Å². The van der Waals surface area contributed by atoms with Gasteiger partial charge in [0.1, 0.15) is 6.07 Å². The second-order valence-corrected chi connectivity index (χ2v) is 9.26. The molecule has 1 amide bonds.